The second-order valence-corrected chi connectivity index (χ2v) is 7.73. The molecule has 0 heterocycles. The van der Waals surface area contributed by atoms with E-state index in [9.17, 15) is 13.2 Å². The number of hydrogen-bond donors (Lipinski definition) is 0. The highest BCUT2D eigenvalue weighted by molar-refractivity contribution is 7.92. The molecule has 2 rings (SSSR count). The number of halogens is 1. The van der Waals surface area contributed by atoms with Crippen LogP contribution in [0.25, 0.3) is 0 Å². The summed E-state index contributed by atoms with van der Waals surface area (Å²) in [7, 11) is -1.15. The van der Waals surface area contributed by atoms with Gasteiger partial charge in [0.2, 0.25) is 0 Å². The molecule has 0 saturated heterocycles. The molecule has 8 heteroatoms. The van der Waals surface area contributed by atoms with E-state index in [1.165, 1.54) is 42.8 Å². The molecule has 6 nitrogen and oxygen atoms in total. The van der Waals surface area contributed by atoms with Crippen molar-refractivity contribution in [2.24, 2.45) is 0 Å². The lowest BCUT2D eigenvalue weighted by atomic mass is 10.1. The van der Waals surface area contributed by atoms with Crippen LogP contribution in [0.15, 0.2) is 41.3 Å². The Morgan fingerprint density at radius 1 is 1.15 bits per heavy atom. The molecule has 0 bridgehead atoms. The maximum absolute atomic E-state index is 13.1. The fraction of sp³-hybridized carbons (Fsp3) is 0.278. The summed E-state index contributed by atoms with van der Waals surface area (Å²) < 4.78 is 37.3. The smallest absolute Gasteiger partial charge is 0.337 e. The minimum Gasteiger partial charge on any atom is -0.495 e. The first-order valence-electron chi connectivity index (χ1n) is 7.81. The molecule has 0 spiro atoms. The second kappa shape index (κ2) is 7.97. The highest BCUT2D eigenvalue weighted by Gasteiger charge is 2.26. The van der Waals surface area contributed by atoms with E-state index in [0.717, 1.165) is 0 Å². The van der Waals surface area contributed by atoms with Crippen molar-refractivity contribution in [3.8, 4) is 5.75 Å². The fourth-order valence-electron chi connectivity index (χ4n) is 2.53. The highest BCUT2D eigenvalue weighted by Crippen LogP contribution is 2.32. The molecule has 0 atom stereocenters. The number of hydrogen-bond acceptors (Lipinski definition) is 5. The van der Waals surface area contributed by atoms with Crippen LogP contribution in [0.2, 0.25) is 5.02 Å². The zero-order valence-electron chi connectivity index (χ0n) is 14.9. The molecule has 2 aromatic rings. The van der Waals surface area contributed by atoms with Crippen molar-refractivity contribution < 1.29 is 22.7 Å². The van der Waals surface area contributed by atoms with Crippen LogP contribution in [0.4, 0.5) is 5.69 Å². The Balaban J connectivity index is 2.57. The number of carbonyl (C=O) groups is 1. The van der Waals surface area contributed by atoms with Gasteiger partial charge in [-0.15, -0.1) is 0 Å². The minimum atomic E-state index is -3.88. The molecule has 0 saturated carbocycles. The van der Waals surface area contributed by atoms with Gasteiger partial charge < -0.3 is 9.47 Å². The van der Waals surface area contributed by atoms with E-state index in [1.807, 2.05) is 0 Å². The van der Waals surface area contributed by atoms with Crippen molar-refractivity contribution in [1.82, 2.24) is 0 Å². The predicted octanol–water partition coefficient (Wildman–Crippen LogP) is 3.66. The molecule has 0 aliphatic heterocycles. The van der Waals surface area contributed by atoms with Gasteiger partial charge in [0.05, 0.1) is 35.4 Å². The normalized spacial score (nSPS) is 11.1. The van der Waals surface area contributed by atoms with Crippen molar-refractivity contribution in [2.45, 2.75) is 18.7 Å². The average Bonchev–Trinajstić information content (AvgIpc) is 2.62. The topological polar surface area (TPSA) is 72.9 Å². The highest BCUT2D eigenvalue weighted by atomic mass is 35.5. The lowest BCUT2D eigenvalue weighted by Gasteiger charge is -2.25. The van der Waals surface area contributed by atoms with Crippen molar-refractivity contribution in [3.63, 3.8) is 0 Å². The average molecular weight is 398 g/mol. The standard InChI is InChI=1S/C18H20ClNO5S/c1-5-20(16-10-13(18(21)25-4)7-6-12(16)2)26(22,23)14-8-9-17(24-3)15(19)11-14/h6-11H,5H2,1-4H3. The van der Waals surface area contributed by atoms with E-state index < -0.39 is 16.0 Å². The maximum Gasteiger partial charge on any atom is 0.337 e. The molecular weight excluding hydrogens is 378 g/mol. The predicted molar refractivity (Wildman–Crippen MR) is 101 cm³/mol. The molecule has 2 aromatic carbocycles. The first-order chi connectivity index (χ1) is 12.3. The van der Waals surface area contributed by atoms with Gasteiger partial charge in [-0.05, 0) is 49.7 Å². The van der Waals surface area contributed by atoms with Crippen molar-refractivity contribution >= 4 is 33.3 Å². The molecule has 0 N–H and O–H groups in total. The Labute approximate surface area is 158 Å². The first-order valence-corrected chi connectivity index (χ1v) is 9.63. The number of rotatable bonds is 6. The van der Waals surface area contributed by atoms with E-state index in [2.05, 4.69) is 0 Å². The summed E-state index contributed by atoms with van der Waals surface area (Å²) in [5, 5.41) is 0.199. The zero-order chi connectivity index (χ0) is 19.5. The number of anilines is 1. The number of nitrogens with zero attached hydrogens (tertiary/aromatic N) is 1. The third-order valence-corrected chi connectivity index (χ3v) is 6.08. The molecule has 0 fully saturated rings. The van der Waals surface area contributed by atoms with Crippen LogP contribution in [0, 0.1) is 6.92 Å². The SMILES string of the molecule is CCN(c1cc(C(=O)OC)ccc1C)S(=O)(=O)c1ccc(OC)c(Cl)c1. The summed E-state index contributed by atoms with van der Waals surface area (Å²) in [5.74, 6) is -0.148. The number of ether oxygens (including phenoxy) is 2. The van der Waals surface area contributed by atoms with Crippen LogP contribution in [0.3, 0.4) is 0 Å². The van der Waals surface area contributed by atoms with Crippen LogP contribution in [0.5, 0.6) is 5.75 Å². The molecule has 0 unspecified atom stereocenters. The Hall–Kier alpha value is -2.25. The lowest BCUT2D eigenvalue weighted by molar-refractivity contribution is 0.0600. The molecule has 0 aliphatic rings. The lowest BCUT2D eigenvalue weighted by Crippen LogP contribution is -2.31. The van der Waals surface area contributed by atoms with Crippen molar-refractivity contribution in [2.75, 3.05) is 25.1 Å². The number of aryl methyl sites for hydroxylation is 1. The second-order valence-electron chi connectivity index (χ2n) is 5.46. The van der Waals surface area contributed by atoms with Gasteiger partial charge in [0, 0.05) is 6.54 Å². The monoisotopic (exact) mass is 397 g/mol. The van der Waals surface area contributed by atoms with E-state index in [0.29, 0.717) is 17.0 Å². The number of sulfonamides is 1. The van der Waals surface area contributed by atoms with E-state index in [4.69, 9.17) is 21.1 Å². The van der Waals surface area contributed by atoms with E-state index in [1.54, 1.807) is 26.0 Å². The van der Waals surface area contributed by atoms with Crippen LogP contribution < -0.4 is 9.04 Å². The Bertz CT molecular complexity index is 927. The molecular formula is C18H20ClNO5S. The van der Waals surface area contributed by atoms with Crippen LogP contribution >= 0.6 is 11.6 Å². The third kappa shape index (κ3) is 3.78. The molecule has 26 heavy (non-hydrogen) atoms. The zero-order valence-corrected chi connectivity index (χ0v) is 16.5. The largest absolute Gasteiger partial charge is 0.495 e. The summed E-state index contributed by atoms with van der Waals surface area (Å²) in [6.07, 6.45) is 0. The minimum absolute atomic E-state index is 0.0352. The summed E-state index contributed by atoms with van der Waals surface area (Å²) in [6.45, 7) is 3.67. The van der Waals surface area contributed by atoms with Gasteiger partial charge >= 0.3 is 5.97 Å². The summed E-state index contributed by atoms with van der Waals surface area (Å²) >= 11 is 6.08. The van der Waals surface area contributed by atoms with E-state index >= 15 is 0 Å². The Morgan fingerprint density at radius 2 is 1.85 bits per heavy atom. The summed E-state index contributed by atoms with van der Waals surface area (Å²) in [6, 6.07) is 9.06. The van der Waals surface area contributed by atoms with Gasteiger partial charge in [-0.1, -0.05) is 17.7 Å². The maximum atomic E-state index is 13.1. The first kappa shape index (κ1) is 20.1. The summed E-state index contributed by atoms with van der Waals surface area (Å²) in [4.78, 5) is 11.8. The Morgan fingerprint density at radius 3 is 2.38 bits per heavy atom. The van der Waals surface area contributed by atoms with Gasteiger partial charge in [-0.25, -0.2) is 13.2 Å². The Kier molecular flexibility index (Phi) is 6.15. The molecule has 0 radical (unpaired) electrons. The molecule has 0 amide bonds. The molecule has 0 aliphatic carbocycles. The number of esters is 1. The van der Waals surface area contributed by atoms with Crippen LogP contribution in [-0.4, -0.2) is 35.2 Å². The number of benzene rings is 2. The fourth-order valence-corrected chi connectivity index (χ4v) is 4.41. The van der Waals surface area contributed by atoms with Crippen LogP contribution in [-0.2, 0) is 14.8 Å². The van der Waals surface area contributed by atoms with Gasteiger partial charge in [-0.2, -0.15) is 0 Å². The quantitative estimate of drug-likeness (QED) is 0.695. The molecule has 140 valence electrons. The third-order valence-electron chi connectivity index (χ3n) is 3.90. The van der Waals surface area contributed by atoms with Gasteiger partial charge in [0.25, 0.3) is 10.0 Å². The van der Waals surface area contributed by atoms with Crippen molar-refractivity contribution in [3.05, 3.63) is 52.5 Å². The van der Waals surface area contributed by atoms with Gasteiger partial charge in [0.15, 0.2) is 0 Å². The number of carbonyl (C=O) groups excluding carboxylic acids is 1. The summed E-state index contributed by atoms with van der Waals surface area (Å²) in [5.41, 5.74) is 1.39. The van der Waals surface area contributed by atoms with Crippen LogP contribution in [0.1, 0.15) is 22.8 Å². The van der Waals surface area contributed by atoms with Gasteiger partial charge in [0.1, 0.15) is 5.75 Å². The van der Waals surface area contributed by atoms with Crippen molar-refractivity contribution in [1.29, 1.82) is 0 Å². The molecule has 0 aromatic heterocycles. The number of methoxy groups -OCH3 is 2. The van der Waals surface area contributed by atoms with E-state index in [-0.39, 0.29) is 22.0 Å². The van der Waals surface area contributed by atoms with Gasteiger partial charge in [-0.3, -0.25) is 4.31 Å².